The van der Waals surface area contributed by atoms with Crippen molar-refractivity contribution >= 4 is 6.29 Å². The fourth-order valence-corrected chi connectivity index (χ4v) is 6.05. The van der Waals surface area contributed by atoms with Gasteiger partial charge >= 0.3 is 0 Å². The maximum Gasteiger partial charge on any atom is 0.120 e. The van der Waals surface area contributed by atoms with E-state index in [9.17, 15) is 4.79 Å². The van der Waals surface area contributed by atoms with Crippen molar-refractivity contribution in [3.05, 3.63) is 0 Å². The molecular formula is C23H40O. The first-order valence-electron chi connectivity index (χ1n) is 11.2. The summed E-state index contributed by atoms with van der Waals surface area (Å²) in [7, 11) is 0. The number of aldehydes is 1. The highest BCUT2D eigenvalue weighted by Crippen LogP contribution is 2.42. The van der Waals surface area contributed by atoms with Gasteiger partial charge in [-0.05, 0) is 61.2 Å². The Morgan fingerprint density at radius 3 is 1.29 bits per heavy atom. The van der Waals surface area contributed by atoms with Crippen LogP contribution in [0.3, 0.4) is 0 Å². The predicted octanol–water partition coefficient (Wildman–Crippen LogP) is 6.79. The van der Waals surface area contributed by atoms with Crippen LogP contribution < -0.4 is 0 Å². The largest absolute Gasteiger partial charge is 0.303 e. The summed E-state index contributed by atoms with van der Waals surface area (Å²) in [4.78, 5) is 10.7. The number of carbonyl (C=O) groups excluding carboxylic acids is 1. The molecule has 0 saturated heterocycles. The van der Waals surface area contributed by atoms with E-state index in [1.54, 1.807) is 6.42 Å². The monoisotopic (exact) mass is 332 g/mol. The van der Waals surface area contributed by atoms with Crippen molar-refractivity contribution in [3.63, 3.8) is 0 Å². The molecule has 1 nitrogen and oxygen atoms in total. The Morgan fingerprint density at radius 2 is 0.917 bits per heavy atom. The van der Waals surface area contributed by atoms with Crippen LogP contribution in [0, 0.1) is 35.5 Å². The molecule has 0 bridgehead atoms. The minimum absolute atomic E-state index is 0.715. The van der Waals surface area contributed by atoms with Crippen molar-refractivity contribution in [3.8, 4) is 0 Å². The fourth-order valence-electron chi connectivity index (χ4n) is 6.05. The van der Waals surface area contributed by atoms with E-state index in [-0.39, 0.29) is 0 Å². The smallest absolute Gasteiger partial charge is 0.120 e. The third kappa shape index (κ3) is 5.60. The summed E-state index contributed by atoms with van der Waals surface area (Å²) >= 11 is 0. The molecule has 0 aromatic heterocycles. The number of rotatable bonds is 6. The lowest BCUT2D eigenvalue weighted by molar-refractivity contribution is -0.108. The van der Waals surface area contributed by atoms with Crippen molar-refractivity contribution in [2.45, 2.75) is 103 Å². The van der Waals surface area contributed by atoms with Crippen LogP contribution in [-0.2, 0) is 4.79 Å². The third-order valence-corrected chi connectivity index (χ3v) is 7.83. The molecular weight excluding hydrogens is 292 g/mol. The summed E-state index contributed by atoms with van der Waals surface area (Å²) in [5.74, 6) is 5.85. The highest BCUT2D eigenvalue weighted by Gasteiger charge is 2.28. The zero-order valence-corrected chi connectivity index (χ0v) is 16.1. The fraction of sp³-hybridized carbons (Fsp3) is 0.957. The number of carbonyl (C=O) groups is 1. The van der Waals surface area contributed by atoms with E-state index in [1.165, 1.54) is 83.5 Å². The molecule has 3 aliphatic carbocycles. The third-order valence-electron chi connectivity index (χ3n) is 7.83. The van der Waals surface area contributed by atoms with Gasteiger partial charge in [0.15, 0.2) is 0 Å². The van der Waals surface area contributed by atoms with Gasteiger partial charge < -0.3 is 4.79 Å². The van der Waals surface area contributed by atoms with E-state index in [1.807, 2.05) is 0 Å². The molecule has 0 aliphatic heterocycles. The van der Waals surface area contributed by atoms with Crippen LogP contribution in [0.25, 0.3) is 0 Å². The van der Waals surface area contributed by atoms with Crippen LogP contribution in [0.5, 0.6) is 0 Å². The Labute approximate surface area is 150 Å². The summed E-state index contributed by atoms with van der Waals surface area (Å²) in [6, 6.07) is 0. The molecule has 3 saturated carbocycles. The molecule has 3 rings (SSSR count). The number of hydrogen-bond acceptors (Lipinski definition) is 1. The molecule has 1 heteroatoms. The molecule has 138 valence electrons. The van der Waals surface area contributed by atoms with Gasteiger partial charge in [-0.2, -0.15) is 0 Å². The summed E-state index contributed by atoms with van der Waals surface area (Å²) in [6.07, 6.45) is 22.6. The molecule has 3 fully saturated rings. The normalized spacial score (nSPS) is 41.0. The highest BCUT2D eigenvalue weighted by atomic mass is 16.1. The van der Waals surface area contributed by atoms with Gasteiger partial charge in [0.05, 0.1) is 0 Å². The van der Waals surface area contributed by atoms with Gasteiger partial charge in [0.25, 0.3) is 0 Å². The summed E-state index contributed by atoms with van der Waals surface area (Å²) in [5.41, 5.74) is 0. The molecule has 0 spiro atoms. The maximum absolute atomic E-state index is 10.7. The molecule has 0 heterocycles. The Morgan fingerprint density at radius 1 is 0.583 bits per heavy atom. The first-order valence-corrected chi connectivity index (χ1v) is 11.2. The quantitative estimate of drug-likeness (QED) is 0.489. The average Bonchev–Trinajstić information content (AvgIpc) is 2.61. The Kier molecular flexibility index (Phi) is 7.22. The lowest BCUT2D eigenvalue weighted by atomic mass is 9.70. The summed E-state index contributed by atoms with van der Waals surface area (Å²) < 4.78 is 0. The Hall–Kier alpha value is -0.330. The molecule has 0 atom stereocenters. The van der Waals surface area contributed by atoms with Gasteiger partial charge in [-0.1, -0.05) is 71.1 Å². The van der Waals surface area contributed by atoms with Gasteiger partial charge in [0.2, 0.25) is 0 Å². The van der Waals surface area contributed by atoms with Crippen molar-refractivity contribution in [1.82, 2.24) is 0 Å². The zero-order valence-electron chi connectivity index (χ0n) is 16.1. The first-order chi connectivity index (χ1) is 11.7. The molecule has 0 amide bonds. The van der Waals surface area contributed by atoms with Gasteiger partial charge in [0.1, 0.15) is 6.29 Å². The molecule has 0 aromatic rings. The SMILES string of the molecule is CC1CCC(CC2CCC(CC3CCC(CC=O)CC3)CC2)CC1. The van der Waals surface area contributed by atoms with E-state index in [0.29, 0.717) is 5.92 Å². The van der Waals surface area contributed by atoms with Crippen LogP contribution in [0.4, 0.5) is 0 Å². The van der Waals surface area contributed by atoms with Crippen LogP contribution in [0.15, 0.2) is 0 Å². The lowest BCUT2D eigenvalue weighted by Crippen LogP contribution is -2.23. The maximum atomic E-state index is 10.7. The predicted molar refractivity (Wildman–Crippen MR) is 102 cm³/mol. The number of hydrogen-bond donors (Lipinski definition) is 0. The lowest BCUT2D eigenvalue weighted by Gasteiger charge is -2.36. The van der Waals surface area contributed by atoms with E-state index in [0.717, 1.165) is 42.3 Å². The van der Waals surface area contributed by atoms with Crippen molar-refractivity contribution < 1.29 is 4.79 Å². The second kappa shape index (κ2) is 9.39. The van der Waals surface area contributed by atoms with Crippen LogP contribution >= 0.6 is 0 Å². The van der Waals surface area contributed by atoms with Gasteiger partial charge in [0, 0.05) is 6.42 Å². The van der Waals surface area contributed by atoms with E-state index < -0.39 is 0 Å². The zero-order chi connectivity index (χ0) is 16.8. The molecule has 0 aromatic carbocycles. The summed E-state index contributed by atoms with van der Waals surface area (Å²) in [6.45, 7) is 2.44. The van der Waals surface area contributed by atoms with E-state index >= 15 is 0 Å². The molecule has 0 N–H and O–H groups in total. The Balaban J connectivity index is 1.30. The van der Waals surface area contributed by atoms with Crippen LogP contribution in [0.1, 0.15) is 103 Å². The Bertz CT molecular complexity index is 352. The van der Waals surface area contributed by atoms with Crippen LogP contribution in [-0.4, -0.2) is 6.29 Å². The highest BCUT2D eigenvalue weighted by molar-refractivity contribution is 5.49. The van der Waals surface area contributed by atoms with Crippen molar-refractivity contribution in [2.24, 2.45) is 35.5 Å². The van der Waals surface area contributed by atoms with Crippen molar-refractivity contribution in [1.29, 1.82) is 0 Å². The molecule has 3 aliphatic rings. The van der Waals surface area contributed by atoms with Gasteiger partial charge in [-0.3, -0.25) is 0 Å². The topological polar surface area (TPSA) is 17.1 Å². The molecule has 0 unspecified atom stereocenters. The van der Waals surface area contributed by atoms with Crippen molar-refractivity contribution in [2.75, 3.05) is 0 Å². The second-order valence-corrected chi connectivity index (χ2v) is 9.77. The average molecular weight is 333 g/mol. The molecule has 24 heavy (non-hydrogen) atoms. The second-order valence-electron chi connectivity index (χ2n) is 9.77. The summed E-state index contributed by atoms with van der Waals surface area (Å²) in [5, 5.41) is 0. The standard InChI is InChI=1S/C23H40O/c1-18-2-4-20(5-3-18)16-22-10-12-23(13-11-22)17-21-8-6-19(7-9-21)14-15-24/h15,18-23H,2-14,16-17H2,1H3. The van der Waals surface area contributed by atoms with E-state index in [2.05, 4.69) is 6.92 Å². The van der Waals surface area contributed by atoms with E-state index in [4.69, 9.17) is 0 Å². The van der Waals surface area contributed by atoms with Gasteiger partial charge in [-0.25, -0.2) is 0 Å². The minimum atomic E-state index is 0.715. The first kappa shape index (κ1) is 18.5. The van der Waals surface area contributed by atoms with Crippen LogP contribution in [0.2, 0.25) is 0 Å². The minimum Gasteiger partial charge on any atom is -0.303 e. The van der Waals surface area contributed by atoms with Gasteiger partial charge in [-0.15, -0.1) is 0 Å². The molecule has 0 radical (unpaired) electrons.